The van der Waals surface area contributed by atoms with Crippen LogP contribution in [0.3, 0.4) is 0 Å². The second-order valence-corrected chi connectivity index (χ2v) is 11.1. The van der Waals surface area contributed by atoms with E-state index in [9.17, 15) is 30.4 Å². The average Bonchev–Trinajstić information content (AvgIpc) is 2.74. The number of carbonyl (C=O) groups excluding carboxylic acids is 1. The molecule has 182 valence electrons. The van der Waals surface area contributed by atoms with E-state index in [1.54, 1.807) is 0 Å². The van der Waals surface area contributed by atoms with Crippen LogP contribution in [0.4, 0.5) is 8.78 Å². The highest BCUT2D eigenvalue weighted by Crippen LogP contribution is 2.19. The monoisotopic (exact) mass is 507 g/mol. The third-order valence-corrected chi connectivity index (χ3v) is 8.22. The van der Waals surface area contributed by atoms with Gasteiger partial charge in [0.15, 0.2) is 9.84 Å². The molecule has 0 spiro atoms. The molecule has 2 rings (SSSR count). The van der Waals surface area contributed by atoms with E-state index in [0.717, 1.165) is 38.3 Å². The molecule has 0 aliphatic carbocycles. The van der Waals surface area contributed by atoms with Gasteiger partial charge in [-0.3, -0.25) is 4.79 Å². The zero-order valence-corrected chi connectivity index (χ0v) is 19.3. The summed E-state index contributed by atoms with van der Waals surface area (Å²) in [6, 6.07) is 5.99. The van der Waals surface area contributed by atoms with Gasteiger partial charge < -0.3 is 14.6 Å². The molecule has 0 bridgehead atoms. The predicted octanol–water partition coefficient (Wildman–Crippen LogP) is 1.16. The number of carbonyl (C=O) groups is 1. The largest absolute Gasteiger partial charge is 0.489 e. The number of methoxy groups -OCH3 is 1. The van der Waals surface area contributed by atoms with Crippen molar-refractivity contribution in [1.29, 1.82) is 0 Å². The van der Waals surface area contributed by atoms with Crippen molar-refractivity contribution in [3.05, 3.63) is 59.7 Å². The Morgan fingerprint density at radius 2 is 1.64 bits per heavy atom. The van der Waals surface area contributed by atoms with E-state index in [4.69, 9.17) is 9.84 Å². The minimum Gasteiger partial charge on any atom is -0.489 e. The maximum absolute atomic E-state index is 13.2. The SMILES string of the molecule is COC(=O)[C@H](NS(=O)(=O)c1ccc(OCc2cc(F)cc(F)c2)cc1)[C@H](C)S(=O)(=O)CCO. The van der Waals surface area contributed by atoms with Crippen molar-refractivity contribution >= 4 is 25.8 Å². The molecule has 2 atom stereocenters. The predicted molar refractivity (Wildman–Crippen MR) is 114 cm³/mol. The molecule has 33 heavy (non-hydrogen) atoms. The van der Waals surface area contributed by atoms with Crippen LogP contribution in [-0.4, -0.2) is 58.7 Å². The molecular weight excluding hydrogens is 484 g/mol. The normalized spacial score (nSPS) is 13.8. The van der Waals surface area contributed by atoms with Gasteiger partial charge in [-0.15, -0.1) is 0 Å². The molecule has 2 N–H and O–H groups in total. The summed E-state index contributed by atoms with van der Waals surface area (Å²) < 4.78 is 88.4. The van der Waals surface area contributed by atoms with Gasteiger partial charge in [-0.05, 0) is 48.9 Å². The Labute approximate surface area is 190 Å². The highest BCUT2D eigenvalue weighted by atomic mass is 32.2. The quantitative estimate of drug-likeness (QED) is 0.433. The lowest BCUT2D eigenvalue weighted by Crippen LogP contribution is -2.51. The zero-order valence-electron chi connectivity index (χ0n) is 17.7. The number of hydrogen-bond donors (Lipinski definition) is 2. The van der Waals surface area contributed by atoms with E-state index in [0.29, 0.717) is 6.07 Å². The van der Waals surface area contributed by atoms with E-state index < -0.39 is 61.1 Å². The summed E-state index contributed by atoms with van der Waals surface area (Å²) in [6.45, 7) is 0.252. The van der Waals surface area contributed by atoms with E-state index in [1.165, 1.54) is 12.1 Å². The van der Waals surface area contributed by atoms with E-state index >= 15 is 0 Å². The van der Waals surface area contributed by atoms with Crippen LogP contribution in [-0.2, 0) is 36.0 Å². The smallest absolute Gasteiger partial charge is 0.325 e. The van der Waals surface area contributed by atoms with Crippen LogP contribution in [0.25, 0.3) is 0 Å². The first kappa shape index (κ1) is 26.6. The van der Waals surface area contributed by atoms with Gasteiger partial charge in [-0.2, -0.15) is 4.72 Å². The Morgan fingerprint density at radius 3 is 2.15 bits per heavy atom. The fourth-order valence-electron chi connectivity index (χ4n) is 2.79. The van der Waals surface area contributed by atoms with Crippen LogP contribution in [0.15, 0.2) is 47.4 Å². The van der Waals surface area contributed by atoms with Crippen LogP contribution in [0.2, 0.25) is 0 Å². The Kier molecular flexibility index (Phi) is 8.89. The van der Waals surface area contributed by atoms with Crippen molar-refractivity contribution in [1.82, 2.24) is 4.72 Å². The average molecular weight is 508 g/mol. The van der Waals surface area contributed by atoms with Crippen LogP contribution >= 0.6 is 0 Å². The number of aliphatic hydroxyl groups excluding tert-OH is 1. The molecule has 2 aromatic rings. The molecule has 0 amide bonds. The molecule has 0 radical (unpaired) electrons. The first-order valence-corrected chi connectivity index (χ1v) is 12.7. The fraction of sp³-hybridized carbons (Fsp3) is 0.350. The molecule has 0 fully saturated rings. The van der Waals surface area contributed by atoms with Gasteiger partial charge in [0, 0.05) is 6.07 Å². The van der Waals surface area contributed by atoms with Crippen molar-refractivity contribution in [2.75, 3.05) is 19.5 Å². The topological polar surface area (TPSA) is 136 Å². The lowest BCUT2D eigenvalue weighted by atomic mass is 10.2. The Hall–Kier alpha value is -2.61. The van der Waals surface area contributed by atoms with Gasteiger partial charge in [0.05, 0.1) is 29.6 Å². The number of sulfone groups is 1. The number of sulfonamides is 1. The second kappa shape index (κ2) is 11.0. The number of halogens is 2. The molecule has 9 nitrogen and oxygen atoms in total. The van der Waals surface area contributed by atoms with E-state index in [2.05, 4.69) is 4.74 Å². The minimum absolute atomic E-state index is 0.177. The van der Waals surface area contributed by atoms with Crippen LogP contribution in [0.1, 0.15) is 12.5 Å². The summed E-state index contributed by atoms with van der Waals surface area (Å²) in [6.07, 6.45) is 0. The summed E-state index contributed by atoms with van der Waals surface area (Å²) in [5, 5.41) is 7.41. The molecule has 0 aliphatic heterocycles. The third kappa shape index (κ3) is 7.19. The van der Waals surface area contributed by atoms with Gasteiger partial charge >= 0.3 is 5.97 Å². The third-order valence-electron chi connectivity index (χ3n) is 4.61. The van der Waals surface area contributed by atoms with Crippen molar-refractivity contribution in [2.45, 2.75) is 29.7 Å². The Morgan fingerprint density at radius 1 is 1.06 bits per heavy atom. The van der Waals surface area contributed by atoms with E-state index in [1.807, 2.05) is 4.72 Å². The molecular formula is C20H23F2NO8S2. The molecule has 13 heteroatoms. The number of esters is 1. The maximum Gasteiger partial charge on any atom is 0.325 e. The maximum atomic E-state index is 13.2. The van der Waals surface area contributed by atoms with Crippen molar-refractivity contribution in [2.24, 2.45) is 0 Å². The molecule has 0 aromatic heterocycles. The first-order chi connectivity index (χ1) is 15.4. The summed E-state index contributed by atoms with van der Waals surface area (Å²) in [5.74, 6) is -3.12. The lowest BCUT2D eigenvalue weighted by Gasteiger charge is -2.22. The van der Waals surface area contributed by atoms with Gasteiger partial charge in [0.2, 0.25) is 10.0 Å². The van der Waals surface area contributed by atoms with Crippen molar-refractivity contribution < 1.29 is 45.0 Å². The van der Waals surface area contributed by atoms with Gasteiger partial charge in [0.25, 0.3) is 0 Å². The highest BCUT2D eigenvalue weighted by molar-refractivity contribution is 7.92. The fourth-order valence-corrected chi connectivity index (χ4v) is 5.37. The number of hydrogen-bond acceptors (Lipinski definition) is 8. The van der Waals surface area contributed by atoms with Crippen LogP contribution < -0.4 is 9.46 Å². The molecule has 0 aliphatic rings. The summed E-state index contributed by atoms with van der Waals surface area (Å²) in [4.78, 5) is 11.8. The number of rotatable bonds is 11. The first-order valence-electron chi connectivity index (χ1n) is 9.50. The summed E-state index contributed by atoms with van der Waals surface area (Å²) in [5.41, 5.74) is 0.227. The van der Waals surface area contributed by atoms with Gasteiger partial charge in [-0.25, -0.2) is 25.6 Å². The molecule has 0 saturated carbocycles. The van der Waals surface area contributed by atoms with E-state index in [-0.39, 0.29) is 22.8 Å². The summed E-state index contributed by atoms with van der Waals surface area (Å²) >= 11 is 0. The Balaban J connectivity index is 2.18. The van der Waals surface area contributed by atoms with Crippen molar-refractivity contribution in [3.63, 3.8) is 0 Å². The molecule has 0 unspecified atom stereocenters. The molecule has 0 saturated heterocycles. The van der Waals surface area contributed by atoms with Crippen molar-refractivity contribution in [3.8, 4) is 5.75 Å². The zero-order chi connectivity index (χ0) is 24.8. The number of nitrogens with one attached hydrogen (secondary N) is 1. The van der Waals surface area contributed by atoms with Gasteiger partial charge in [-0.1, -0.05) is 0 Å². The number of aliphatic hydroxyl groups is 1. The number of ether oxygens (including phenoxy) is 2. The minimum atomic E-state index is -4.36. The Bertz CT molecular complexity index is 1160. The molecule has 0 heterocycles. The number of benzene rings is 2. The van der Waals surface area contributed by atoms with Crippen LogP contribution in [0.5, 0.6) is 5.75 Å². The summed E-state index contributed by atoms with van der Waals surface area (Å²) in [7, 11) is -7.40. The van der Waals surface area contributed by atoms with Gasteiger partial charge in [0.1, 0.15) is 30.0 Å². The second-order valence-electron chi connectivity index (χ2n) is 6.96. The highest BCUT2D eigenvalue weighted by Gasteiger charge is 2.38. The van der Waals surface area contributed by atoms with Crippen LogP contribution in [0, 0.1) is 11.6 Å². The molecule has 2 aromatic carbocycles. The lowest BCUT2D eigenvalue weighted by molar-refractivity contribution is -0.142. The standard InChI is InChI=1S/C20H23F2NO8S2/c1-13(32(26,27)8-7-24)19(20(25)30-2)23-33(28,29)18-5-3-17(4-6-18)31-12-14-9-15(21)11-16(22)10-14/h3-6,9-11,13,19,23-24H,7-8,12H2,1-2H3/t13-,19+/m0/s1.